The van der Waals surface area contributed by atoms with Gasteiger partial charge in [0.05, 0.1) is 10.9 Å². The van der Waals surface area contributed by atoms with Crippen molar-refractivity contribution in [2.45, 2.75) is 76.2 Å². The van der Waals surface area contributed by atoms with Crippen LogP contribution in [0.4, 0.5) is 11.4 Å². The molecule has 0 aromatic heterocycles. The number of benzene rings is 2. The summed E-state index contributed by atoms with van der Waals surface area (Å²) in [5.41, 5.74) is 2.99. The largest absolute Gasteiger partial charge is 0.385 e. The van der Waals surface area contributed by atoms with Gasteiger partial charge in [0.1, 0.15) is 0 Å². The number of piperidine rings is 1. The zero-order valence-corrected chi connectivity index (χ0v) is 23.4. The highest BCUT2D eigenvalue weighted by Crippen LogP contribution is 2.36. The number of rotatable bonds is 7. The molecule has 37 heavy (non-hydrogen) atoms. The van der Waals surface area contributed by atoms with Gasteiger partial charge in [0.25, 0.3) is 0 Å². The summed E-state index contributed by atoms with van der Waals surface area (Å²) in [6.45, 7) is 6.84. The first-order chi connectivity index (χ1) is 17.5. The lowest BCUT2D eigenvalue weighted by Gasteiger charge is -2.40. The minimum atomic E-state index is -3.30. The molecule has 7 nitrogen and oxygen atoms in total. The third-order valence-corrected chi connectivity index (χ3v) is 9.98. The summed E-state index contributed by atoms with van der Waals surface area (Å²) in [7, 11) is -3.30. The number of hydrogen-bond donors (Lipinski definition) is 3. The number of halogens is 1. The molecule has 202 valence electrons. The Morgan fingerprint density at radius 3 is 2.24 bits per heavy atom. The van der Waals surface area contributed by atoms with Gasteiger partial charge in [0.15, 0.2) is 0 Å². The summed E-state index contributed by atoms with van der Waals surface area (Å²) in [4.78, 5) is 15.2. The van der Waals surface area contributed by atoms with Gasteiger partial charge in [-0.2, -0.15) is 0 Å². The van der Waals surface area contributed by atoms with Crippen LogP contribution in [0.1, 0.15) is 63.5 Å². The SMILES string of the molecule is Cc1cc(NC(=O)C2CCC(NS(=O)(=O)C(C)C)CC2)ccc1N1CCC(O)(c2ccc(Cl)cc2)CC1. The van der Waals surface area contributed by atoms with Crippen molar-refractivity contribution in [3.8, 4) is 0 Å². The summed E-state index contributed by atoms with van der Waals surface area (Å²) < 4.78 is 27.0. The maximum atomic E-state index is 12.9. The summed E-state index contributed by atoms with van der Waals surface area (Å²) in [5.74, 6) is -0.129. The lowest BCUT2D eigenvalue weighted by Crippen LogP contribution is -2.43. The molecule has 2 aliphatic rings. The number of amides is 1. The molecular formula is C28H38ClN3O4S. The van der Waals surface area contributed by atoms with Gasteiger partial charge in [-0.1, -0.05) is 23.7 Å². The number of aryl methyl sites for hydroxylation is 1. The van der Waals surface area contributed by atoms with E-state index < -0.39 is 20.9 Å². The molecular weight excluding hydrogens is 510 g/mol. The van der Waals surface area contributed by atoms with Gasteiger partial charge in [-0.25, -0.2) is 13.1 Å². The Bertz CT molecular complexity index is 1200. The van der Waals surface area contributed by atoms with Crippen molar-refractivity contribution in [2.24, 2.45) is 5.92 Å². The molecule has 0 spiro atoms. The zero-order chi connectivity index (χ0) is 26.8. The molecule has 4 rings (SSSR count). The number of anilines is 2. The first kappa shape index (κ1) is 27.9. The number of sulfonamides is 1. The monoisotopic (exact) mass is 547 g/mol. The third kappa shape index (κ3) is 6.66. The van der Waals surface area contributed by atoms with E-state index in [0.717, 1.165) is 35.6 Å². The predicted octanol–water partition coefficient (Wildman–Crippen LogP) is 4.96. The molecule has 3 N–H and O–H groups in total. The van der Waals surface area contributed by atoms with E-state index in [1.54, 1.807) is 13.8 Å². The van der Waals surface area contributed by atoms with Crippen LogP contribution >= 0.6 is 11.6 Å². The maximum Gasteiger partial charge on any atom is 0.227 e. The molecule has 2 fully saturated rings. The number of hydrogen-bond acceptors (Lipinski definition) is 5. The lowest BCUT2D eigenvalue weighted by molar-refractivity contribution is -0.120. The van der Waals surface area contributed by atoms with Crippen LogP contribution in [-0.4, -0.2) is 43.8 Å². The molecule has 1 saturated heterocycles. The van der Waals surface area contributed by atoms with E-state index in [1.165, 1.54) is 0 Å². The lowest BCUT2D eigenvalue weighted by atomic mass is 9.84. The number of nitrogens with one attached hydrogen (secondary N) is 2. The van der Waals surface area contributed by atoms with Crippen molar-refractivity contribution in [2.75, 3.05) is 23.3 Å². The number of nitrogens with zero attached hydrogens (tertiary/aromatic N) is 1. The van der Waals surface area contributed by atoms with Gasteiger partial charge >= 0.3 is 0 Å². The van der Waals surface area contributed by atoms with Gasteiger partial charge in [-0.3, -0.25) is 4.79 Å². The average molecular weight is 548 g/mol. The van der Waals surface area contributed by atoms with E-state index in [9.17, 15) is 18.3 Å². The van der Waals surface area contributed by atoms with Crippen molar-refractivity contribution in [3.05, 3.63) is 58.6 Å². The molecule has 1 aliphatic heterocycles. The average Bonchev–Trinajstić information content (AvgIpc) is 2.85. The first-order valence-electron chi connectivity index (χ1n) is 13.1. The number of carbonyl (C=O) groups excluding carboxylic acids is 1. The van der Waals surface area contributed by atoms with Crippen molar-refractivity contribution in [1.82, 2.24) is 4.72 Å². The van der Waals surface area contributed by atoms with Crippen LogP contribution in [0.5, 0.6) is 0 Å². The van der Waals surface area contributed by atoms with E-state index >= 15 is 0 Å². The van der Waals surface area contributed by atoms with Crippen LogP contribution in [0.2, 0.25) is 5.02 Å². The fourth-order valence-electron chi connectivity index (χ4n) is 5.34. The number of aliphatic hydroxyl groups is 1. The Morgan fingerprint density at radius 2 is 1.68 bits per heavy atom. The van der Waals surface area contributed by atoms with E-state index in [2.05, 4.69) is 14.9 Å². The second-order valence-electron chi connectivity index (χ2n) is 10.8. The van der Waals surface area contributed by atoms with E-state index in [0.29, 0.717) is 43.5 Å². The van der Waals surface area contributed by atoms with Crippen LogP contribution in [0.15, 0.2) is 42.5 Å². The zero-order valence-electron chi connectivity index (χ0n) is 21.8. The molecule has 1 amide bonds. The minimum absolute atomic E-state index is 0.0108. The summed E-state index contributed by atoms with van der Waals surface area (Å²) in [6, 6.07) is 13.3. The van der Waals surface area contributed by atoms with Crippen molar-refractivity contribution < 1.29 is 18.3 Å². The van der Waals surface area contributed by atoms with Crippen LogP contribution in [0.3, 0.4) is 0 Å². The molecule has 0 unspecified atom stereocenters. The molecule has 1 saturated carbocycles. The summed E-state index contributed by atoms with van der Waals surface area (Å²) in [5, 5.41) is 14.4. The normalized spacial score (nSPS) is 22.2. The number of carbonyl (C=O) groups is 1. The fraction of sp³-hybridized carbons (Fsp3) is 0.536. The molecule has 0 atom stereocenters. The summed E-state index contributed by atoms with van der Waals surface area (Å²) >= 11 is 6.00. The van der Waals surface area contributed by atoms with Crippen LogP contribution < -0.4 is 14.9 Å². The van der Waals surface area contributed by atoms with Crippen LogP contribution in [-0.2, 0) is 20.4 Å². The Labute approximate surface area is 225 Å². The Balaban J connectivity index is 1.30. The standard InChI is InChI=1S/C28H38ClN3O4S/c1-19(2)37(35,36)31-24-10-4-21(5-11-24)27(33)30-25-12-13-26(20(3)18-25)32-16-14-28(34,15-17-32)22-6-8-23(29)9-7-22/h6-9,12-13,18-19,21,24,31,34H,4-5,10-11,14-17H2,1-3H3,(H,30,33). The highest BCUT2D eigenvalue weighted by Gasteiger charge is 2.34. The molecule has 9 heteroatoms. The quantitative estimate of drug-likeness (QED) is 0.455. The Kier molecular flexibility index (Phi) is 8.53. The fourth-order valence-corrected chi connectivity index (χ4v) is 6.44. The van der Waals surface area contributed by atoms with Crippen molar-refractivity contribution in [1.29, 1.82) is 0 Å². The van der Waals surface area contributed by atoms with E-state index in [4.69, 9.17) is 11.6 Å². The molecule has 2 aromatic carbocycles. The summed E-state index contributed by atoms with van der Waals surface area (Å²) in [6.07, 6.45) is 3.92. The second kappa shape index (κ2) is 11.3. The topological polar surface area (TPSA) is 98.7 Å². The Hall–Kier alpha value is -2.13. The molecule has 0 bridgehead atoms. The highest BCUT2D eigenvalue weighted by atomic mass is 35.5. The molecule has 1 aliphatic carbocycles. The smallest absolute Gasteiger partial charge is 0.227 e. The molecule has 1 heterocycles. The van der Waals surface area contributed by atoms with Gasteiger partial charge < -0.3 is 15.3 Å². The van der Waals surface area contributed by atoms with Gasteiger partial charge in [-0.15, -0.1) is 0 Å². The second-order valence-corrected chi connectivity index (χ2v) is 13.5. The van der Waals surface area contributed by atoms with Crippen LogP contribution in [0.25, 0.3) is 0 Å². The predicted molar refractivity (Wildman–Crippen MR) is 150 cm³/mol. The Morgan fingerprint density at radius 1 is 1.05 bits per heavy atom. The molecule has 0 radical (unpaired) electrons. The van der Waals surface area contributed by atoms with E-state index in [1.807, 2.05) is 49.4 Å². The maximum absolute atomic E-state index is 12.9. The highest BCUT2D eigenvalue weighted by molar-refractivity contribution is 7.90. The first-order valence-corrected chi connectivity index (χ1v) is 15.1. The van der Waals surface area contributed by atoms with Crippen molar-refractivity contribution in [3.63, 3.8) is 0 Å². The third-order valence-electron chi connectivity index (χ3n) is 7.83. The van der Waals surface area contributed by atoms with Crippen molar-refractivity contribution >= 4 is 38.9 Å². The van der Waals surface area contributed by atoms with Gasteiger partial charge in [-0.05, 0) is 101 Å². The van der Waals surface area contributed by atoms with Gasteiger partial charge in [0.2, 0.25) is 15.9 Å². The van der Waals surface area contributed by atoms with E-state index in [-0.39, 0.29) is 17.9 Å². The molecule has 2 aromatic rings. The minimum Gasteiger partial charge on any atom is -0.385 e. The van der Waals surface area contributed by atoms with Gasteiger partial charge in [0, 0.05) is 41.4 Å². The van der Waals surface area contributed by atoms with Crippen LogP contribution in [0, 0.1) is 12.8 Å².